The first kappa shape index (κ1) is 10.0. The SMILES string of the molecule is O=P(O)(O)c1c(Cl)cccc1Cl. The van der Waals surface area contributed by atoms with Crippen molar-refractivity contribution in [1.29, 1.82) is 0 Å². The molecule has 0 spiro atoms. The average molecular weight is 227 g/mol. The van der Waals surface area contributed by atoms with Crippen LogP contribution in [0.4, 0.5) is 0 Å². The molecule has 2 N–H and O–H groups in total. The maximum atomic E-state index is 10.8. The van der Waals surface area contributed by atoms with E-state index < -0.39 is 7.60 Å². The second-order valence-electron chi connectivity index (χ2n) is 2.11. The Morgan fingerprint density at radius 3 is 1.83 bits per heavy atom. The molecular weight excluding hydrogens is 222 g/mol. The van der Waals surface area contributed by atoms with Crippen LogP contribution in [0.3, 0.4) is 0 Å². The van der Waals surface area contributed by atoms with Crippen molar-refractivity contribution in [2.45, 2.75) is 0 Å². The summed E-state index contributed by atoms with van der Waals surface area (Å²) in [5.41, 5.74) is 0. The van der Waals surface area contributed by atoms with Crippen molar-refractivity contribution in [2.24, 2.45) is 0 Å². The largest absolute Gasteiger partial charge is 0.359 e. The summed E-state index contributed by atoms with van der Waals surface area (Å²) in [7, 11) is -4.36. The summed E-state index contributed by atoms with van der Waals surface area (Å²) in [4.78, 5) is 17.6. The first-order chi connectivity index (χ1) is 5.43. The first-order valence-electron chi connectivity index (χ1n) is 2.93. The lowest BCUT2D eigenvalue weighted by atomic mass is 10.4. The number of hydrogen-bond donors (Lipinski definition) is 2. The molecular formula is C6H5Cl2O3P. The summed E-state index contributed by atoms with van der Waals surface area (Å²) in [6.45, 7) is 0. The molecule has 0 radical (unpaired) electrons. The smallest absolute Gasteiger partial charge is 0.321 e. The van der Waals surface area contributed by atoms with Crippen LogP contribution >= 0.6 is 30.8 Å². The van der Waals surface area contributed by atoms with E-state index in [4.69, 9.17) is 33.0 Å². The summed E-state index contributed by atoms with van der Waals surface area (Å²) < 4.78 is 10.8. The van der Waals surface area contributed by atoms with E-state index in [1.165, 1.54) is 18.2 Å². The highest BCUT2D eigenvalue weighted by molar-refractivity contribution is 7.60. The molecule has 0 aliphatic heterocycles. The summed E-state index contributed by atoms with van der Waals surface area (Å²) in [5.74, 6) is 0. The third kappa shape index (κ3) is 2.00. The zero-order chi connectivity index (χ0) is 9.35. The summed E-state index contributed by atoms with van der Waals surface area (Å²) in [6, 6.07) is 4.27. The monoisotopic (exact) mass is 226 g/mol. The Hall–Kier alpha value is -0.0500. The fourth-order valence-electron chi connectivity index (χ4n) is 0.767. The number of rotatable bonds is 1. The van der Waals surface area contributed by atoms with Crippen LogP contribution in [0.5, 0.6) is 0 Å². The van der Waals surface area contributed by atoms with Gasteiger partial charge in [0.2, 0.25) is 0 Å². The molecule has 0 saturated carbocycles. The van der Waals surface area contributed by atoms with Crippen molar-refractivity contribution in [3.63, 3.8) is 0 Å². The normalized spacial score (nSPS) is 11.7. The third-order valence-corrected chi connectivity index (χ3v) is 3.19. The van der Waals surface area contributed by atoms with Gasteiger partial charge in [0, 0.05) is 0 Å². The predicted octanol–water partition coefficient (Wildman–Crippen LogP) is 1.80. The molecule has 12 heavy (non-hydrogen) atoms. The van der Waals surface area contributed by atoms with Gasteiger partial charge >= 0.3 is 7.60 Å². The van der Waals surface area contributed by atoms with Crippen LogP contribution in [0.2, 0.25) is 10.0 Å². The van der Waals surface area contributed by atoms with E-state index >= 15 is 0 Å². The third-order valence-electron chi connectivity index (χ3n) is 1.23. The van der Waals surface area contributed by atoms with Crippen LogP contribution in [-0.4, -0.2) is 9.79 Å². The van der Waals surface area contributed by atoms with Crippen molar-refractivity contribution >= 4 is 36.1 Å². The number of hydrogen-bond acceptors (Lipinski definition) is 1. The lowest BCUT2D eigenvalue weighted by Crippen LogP contribution is -2.06. The van der Waals surface area contributed by atoms with Gasteiger partial charge < -0.3 is 9.79 Å². The minimum Gasteiger partial charge on any atom is -0.321 e. The molecule has 3 nitrogen and oxygen atoms in total. The van der Waals surface area contributed by atoms with E-state index in [2.05, 4.69) is 0 Å². The van der Waals surface area contributed by atoms with Gasteiger partial charge in [-0.1, -0.05) is 29.3 Å². The molecule has 1 aromatic carbocycles. The minimum atomic E-state index is -4.36. The Balaban J connectivity index is 3.42. The van der Waals surface area contributed by atoms with E-state index in [1.807, 2.05) is 0 Å². The van der Waals surface area contributed by atoms with Crippen LogP contribution in [-0.2, 0) is 4.57 Å². The second kappa shape index (κ2) is 3.36. The van der Waals surface area contributed by atoms with Gasteiger partial charge in [0.15, 0.2) is 0 Å². The molecule has 0 amide bonds. The number of halogens is 2. The van der Waals surface area contributed by atoms with Crippen LogP contribution in [0.15, 0.2) is 18.2 Å². The molecule has 0 fully saturated rings. The maximum Gasteiger partial charge on any atom is 0.359 e. The standard InChI is InChI=1S/C6H5Cl2O3P/c7-4-2-1-3-5(8)6(4)12(9,10)11/h1-3H,(H2,9,10,11). The van der Waals surface area contributed by atoms with E-state index in [9.17, 15) is 4.57 Å². The van der Waals surface area contributed by atoms with E-state index in [0.29, 0.717) is 0 Å². The number of benzene rings is 1. The average Bonchev–Trinajstić information content (AvgIpc) is 1.82. The van der Waals surface area contributed by atoms with Gasteiger partial charge in [-0.15, -0.1) is 0 Å². The quantitative estimate of drug-likeness (QED) is 0.719. The maximum absolute atomic E-state index is 10.8. The van der Waals surface area contributed by atoms with Gasteiger partial charge in [0.1, 0.15) is 5.30 Å². The molecule has 0 atom stereocenters. The molecule has 6 heteroatoms. The molecule has 0 unspecified atom stereocenters. The van der Waals surface area contributed by atoms with Gasteiger partial charge in [0.05, 0.1) is 10.0 Å². The van der Waals surface area contributed by atoms with Crippen molar-refractivity contribution in [2.75, 3.05) is 0 Å². The van der Waals surface area contributed by atoms with E-state index in [0.717, 1.165) is 0 Å². The predicted molar refractivity (Wildman–Crippen MR) is 48.1 cm³/mol. The van der Waals surface area contributed by atoms with Crippen LogP contribution in [0, 0.1) is 0 Å². The highest BCUT2D eigenvalue weighted by Crippen LogP contribution is 2.39. The molecule has 1 rings (SSSR count). The minimum absolute atomic E-state index is 0.0177. The molecule has 0 heterocycles. The fourth-order valence-corrected chi connectivity index (χ4v) is 2.53. The Bertz CT molecular complexity index is 326. The van der Waals surface area contributed by atoms with Crippen LogP contribution in [0.1, 0.15) is 0 Å². The fraction of sp³-hybridized carbons (Fsp3) is 0. The molecule has 0 aliphatic rings. The Labute approximate surface area is 79.1 Å². The highest BCUT2D eigenvalue weighted by Gasteiger charge is 2.23. The summed E-state index contributed by atoms with van der Waals surface area (Å²) in [6.07, 6.45) is 0. The summed E-state index contributed by atoms with van der Waals surface area (Å²) in [5, 5.41) is -0.347. The lowest BCUT2D eigenvalue weighted by Gasteiger charge is -2.07. The van der Waals surface area contributed by atoms with Gasteiger partial charge in [-0.25, -0.2) is 0 Å². The molecule has 0 aromatic heterocycles. The molecule has 0 saturated heterocycles. The molecule has 0 bridgehead atoms. The van der Waals surface area contributed by atoms with Gasteiger partial charge in [-0.3, -0.25) is 4.57 Å². The van der Waals surface area contributed by atoms with E-state index in [1.54, 1.807) is 0 Å². The highest BCUT2D eigenvalue weighted by atomic mass is 35.5. The second-order valence-corrected chi connectivity index (χ2v) is 4.46. The van der Waals surface area contributed by atoms with Crippen LogP contribution < -0.4 is 5.30 Å². The Morgan fingerprint density at radius 2 is 1.58 bits per heavy atom. The molecule has 0 aliphatic carbocycles. The summed E-state index contributed by atoms with van der Waals surface area (Å²) >= 11 is 11.1. The van der Waals surface area contributed by atoms with Crippen molar-refractivity contribution < 1.29 is 14.4 Å². The van der Waals surface area contributed by atoms with E-state index in [-0.39, 0.29) is 15.3 Å². The van der Waals surface area contributed by atoms with Crippen LogP contribution in [0.25, 0.3) is 0 Å². The van der Waals surface area contributed by atoms with Gasteiger partial charge in [-0.05, 0) is 12.1 Å². The van der Waals surface area contributed by atoms with Crippen molar-refractivity contribution in [1.82, 2.24) is 0 Å². The zero-order valence-electron chi connectivity index (χ0n) is 5.74. The Kier molecular flexibility index (Phi) is 2.81. The van der Waals surface area contributed by atoms with Crippen molar-refractivity contribution in [3.8, 4) is 0 Å². The van der Waals surface area contributed by atoms with Crippen molar-refractivity contribution in [3.05, 3.63) is 28.2 Å². The molecule has 66 valence electrons. The first-order valence-corrected chi connectivity index (χ1v) is 5.30. The van der Waals surface area contributed by atoms with Gasteiger partial charge in [-0.2, -0.15) is 0 Å². The Morgan fingerprint density at radius 1 is 1.17 bits per heavy atom. The topological polar surface area (TPSA) is 57.5 Å². The lowest BCUT2D eigenvalue weighted by molar-refractivity contribution is 0.387. The zero-order valence-corrected chi connectivity index (χ0v) is 8.14. The molecule has 1 aromatic rings. The van der Waals surface area contributed by atoms with Gasteiger partial charge in [0.25, 0.3) is 0 Å².